The van der Waals surface area contributed by atoms with Crippen molar-refractivity contribution in [2.75, 3.05) is 78.5 Å². The third-order valence-corrected chi connectivity index (χ3v) is 7.01. The summed E-state index contributed by atoms with van der Waals surface area (Å²) in [7, 11) is 0. The lowest BCUT2D eigenvalue weighted by atomic mass is 10.1. The SMILES string of the molecule is C1CCN(C2(N3CCNCC3)NCCN2N(N2CCCC2)N2CCCN2)CC1. The summed E-state index contributed by atoms with van der Waals surface area (Å²) < 4.78 is 0. The Labute approximate surface area is 169 Å². The predicted octanol–water partition coefficient (Wildman–Crippen LogP) is -0.753. The number of rotatable bonds is 5. The van der Waals surface area contributed by atoms with Gasteiger partial charge in [0.25, 0.3) is 0 Å². The summed E-state index contributed by atoms with van der Waals surface area (Å²) in [4.78, 5) is 5.45. The van der Waals surface area contributed by atoms with Crippen molar-refractivity contribution >= 4 is 0 Å². The van der Waals surface area contributed by atoms with Crippen molar-refractivity contribution in [3.8, 4) is 0 Å². The Morgan fingerprint density at radius 3 is 2.04 bits per heavy atom. The minimum absolute atomic E-state index is 0.199. The van der Waals surface area contributed by atoms with E-state index >= 15 is 0 Å². The molecule has 5 fully saturated rings. The number of piperidine rings is 1. The van der Waals surface area contributed by atoms with Crippen LogP contribution in [-0.2, 0) is 0 Å². The van der Waals surface area contributed by atoms with Crippen molar-refractivity contribution in [1.82, 2.24) is 46.2 Å². The highest BCUT2D eigenvalue weighted by molar-refractivity contribution is 4.95. The second kappa shape index (κ2) is 8.79. The van der Waals surface area contributed by atoms with Crippen molar-refractivity contribution in [3.63, 3.8) is 0 Å². The molecule has 0 aromatic rings. The molecule has 5 heterocycles. The molecule has 9 nitrogen and oxygen atoms in total. The Bertz CT molecular complexity index is 460. The van der Waals surface area contributed by atoms with Gasteiger partial charge in [-0.15, -0.1) is 5.12 Å². The second-order valence-electron chi connectivity index (χ2n) is 8.78. The fourth-order valence-electron chi connectivity index (χ4n) is 5.71. The van der Waals surface area contributed by atoms with Crippen LogP contribution in [0, 0.1) is 0 Å². The number of hydrogen-bond donors (Lipinski definition) is 3. The van der Waals surface area contributed by atoms with Crippen molar-refractivity contribution in [2.24, 2.45) is 0 Å². The summed E-state index contributed by atoms with van der Waals surface area (Å²) in [5.74, 6) is -0.199. The van der Waals surface area contributed by atoms with Crippen LogP contribution in [0.25, 0.3) is 0 Å². The van der Waals surface area contributed by atoms with E-state index in [2.05, 4.69) is 46.2 Å². The van der Waals surface area contributed by atoms with E-state index in [9.17, 15) is 0 Å². The average molecular weight is 394 g/mol. The van der Waals surface area contributed by atoms with Crippen molar-refractivity contribution in [1.29, 1.82) is 0 Å². The van der Waals surface area contributed by atoms with Gasteiger partial charge >= 0.3 is 0 Å². The number of hydrogen-bond acceptors (Lipinski definition) is 9. The summed E-state index contributed by atoms with van der Waals surface area (Å²) in [6.07, 6.45) is 7.82. The number of nitrogens with one attached hydrogen (secondary N) is 3. The van der Waals surface area contributed by atoms with E-state index in [1.807, 2.05) is 0 Å². The van der Waals surface area contributed by atoms with Gasteiger partial charge in [0.05, 0.1) is 0 Å². The molecule has 0 bridgehead atoms. The first-order valence-electron chi connectivity index (χ1n) is 11.7. The Balaban J connectivity index is 1.49. The van der Waals surface area contributed by atoms with Crippen LogP contribution in [0.1, 0.15) is 38.5 Å². The van der Waals surface area contributed by atoms with Gasteiger partial charge in [0.2, 0.25) is 5.91 Å². The maximum atomic E-state index is 4.01. The van der Waals surface area contributed by atoms with Gasteiger partial charge in [-0.2, -0.15) is 5.01 Å². The standard InChI is InChI=1S/C19H39N9/c1-2-11-23(12-3-1)19(24-16-8-20-9-17-24)21-10-18-26(19)28(25-13-4-5-14-25)27-15-6-7-22-27/h20-22H,1-18H2. The molecule has 0 radical (unpaired) electrons. The maximum absolute atomic E-state index is 4.01. The fraction of sp³-hybridized carbons (Fsp3) is 1.00. The van der Waals surface area contributed by atoms with Crippen LogP contribution in [0.3, 0.4) is 0 Å². The summed E-state index contributed by atoms with van der Waals surface area (Å²) in [6, 6.07) is 0. The molecule has 0 amide bonds. The van der Waals surface area contributed by atoms with Gasteiger partial charge < -0.3 is 5.32 Å². The van der Waals surface area contributed by atoms with Gasteiger partial charge in [-0.25, -0.2) is 10.4 Å². The molecule has 0 aromatic heterocycles. The van der Waals surface area contributed by atoms with E-state index in [1.54, 1.807) is 0 Å². The third-order valence-electron chi connectivity index (χ3n) is 7.01. The Morgan fingerprint density at radius 2 is 1.32 bits per heavy atom. The molecule has 0 aromatic carbocycles. The van der Waals surface area contributed by atoms with E-state index in [-0.39, 0.29) is 5.91 Å². The molecule has 160 valence electrons. The van der Waals surface area contributed by atoms with Gasteiger partial charge in [-0.3, -0.25) is 15.1 Å². The monoisotopic (exact) mass is 393 g/mol. The lowest BCUT2D eigenvalue weighted by Crippen LogP contribution is -2.80. The van der Waals surface area contributed by atoms with Gasteiger partial charge in [-0.1, -0.05) is 11.6 Å². The maximum Gasteiger partial charge on any atom is 0.204 e. The molecule has 9 heteroatoms. The summed E-state index contributed by atoms with van der Waals surface area (Å²) in [6.45, 7) is 13.3. The topological polar surface area (TPSA) is 55.5 Å². The molecule has 0 aliphatic carbocycles. The fourth-order valence-corrected chi connectivity index (χ4v) is 5.71. The van der Waals surface area contributed by atoms with Gasteiger partial charge in [-0.05, 0) is 32.1 Å². The molecule has 5 aliphatic rings. The zero-order valence-corrected chi connectivity index (χ0v) is 17.4. The average Bonchev–Trinajstić information content (AvgIpc) is 3.53. The first-order valence-corrected chi connectivity index (χ1v) is 11.7. The number of likely N-dealkylation sites (tertiary alicyclic amines) is 1. The first-order chi connectivity index (χ1) is 13.9. The van der Waals surface area contributed by atoms with Crippen LogP contribution in [-0.4, -0.2) is 115 Å². The molecule has 5 rings (SSSR count). The highest BCUT2D eigenvalue weighted by atomic mass is 16.1. The molecule has 5 aliphatic heterocycles. The summed E-state index contributed by atoms with van der Waals surface area (Å²) in [5.41, 5.74) is 3.65. The zero-order valence-electron chi connectivity index (χ0n) is 17.4. The minimum atomic E-state index is -0.199. The highest BCUT2D eigenvalue weighted by Gasteiger charge is 2.55. The van der Waals surface area contributed by atoms with Crippen LogP contribution >= 0.6 is 0 Å². The molecule has 1 unspecified atom stereocenters. The molecule has 0 spiro atoms. The van der Waals surface area contributed by atoms with Crippen LogP contribution < -0.4 is 16.1 Å². The van der Waals surface area contributed by atoms with Gasteiger partial charge in [0.15, 0.2) is 0 Å². The first kappa shape index (κ1) is 19.6. The van der Waals surface area contributed by atoms with Crippen molar-refractivity contribution in [2.45, 2.75) is 44.4 Å². The Morgan fingerprint density at radius 1 is 0.607 bits per heavy atom. The van der Waals surface area contributed by atoms with Gasteiger partial charge in [0, 0.05) is 78.5 Å². The normalized spacial score (nSPS) is 35.5. The number of nitrogens with zero attached hydrogens (tertiary/aromatic N) is 6. The van der Waals surface area contributed by atoms with E-state index in [0.29, 0.717) is 0 Å². The smallest absolute Gasteiger partial charge is 0.204 e. The molecule has 5 saturated heterocycles. The minimum Gasteiger partial charge on any atom is -0.314 e. The number of piperazine rings is 1. The van der Waals surface area contributed by atoms with Crippen molar-refractivity contribution in [3.05, 3.63) is 0 Å². The van der Waals surface area contributed by atoms with Crippen LogP contribution in [0.5, 0.6) is 0 Å². The Kier molecular flexibility index (Phi) is 6.15. The highest BCUT2D eigenvalue weighted by Crippen LogP contribution is 2.33. The van der Waals surface area contributed by atoms with Gasteiger partial charge in [0.1, 0.15) is 0 Å². The van der Waals surface area contributed by atoms with E-state index in [4.69, 9.17) is 0 Å². The van der Waals surface area contributed by atoms with E-state index in [1.165, 1.54) is 51.6 Å². The van der Waals surface area contributed by atoms with Crippen molar-refractivity contribution < 1.29 is 0 Å². The molecule has 28 heavy (non-hydrogen) atoms. The van der Waals surface area contributed by atoms with E-state index < -0.39 is 0 Å². The van der Waals surface area contributed by atoms with Crippen LogP contribution in [0.4, 0.5) is 0 Å². The Hall–Kier alpha value is -0.360. The largest absolute Gasteiger partial charge is 0.314 e. The summed E-state index contributed by atoms with van der Waals surface area (Å²) >= 11 is 0. The third kappa shape index (κ3) is 3.51. The molecule has 3 N–H and O–H groups in total. The predicted molar refractivity (Wildman–Crippen MR) is 109 cm³/mol. The quantitative estimate of drug-likeness (QED) is 0.560. The molecule has 1 atom stereocenters. The second-order valence-corrected chi connectivity index (χ2v) is 8.78. The molecular formula is C19H39N9. The lowest BCUT2D eigenvalue weighted by molar-refractivity contribution is -0.376. The van der Waals surface area contributed by atoms with Crippen LogP contribution in [0.2, 0.25) is 0 Å². The lowest BCUT2D eigenvalue weighted by Gasteiger charge is -2.58. The van der Waals surface area contributed by atoms with E-state index in [0.717, 1.165) is 65.4 Å². The zero-order chi connectivity index (χ0) is 18.8. The number of hydrazine groups is 4. The molecule has 0 saturated carbocycles. The molecular weight excluding hydrogens is 354 g/mol. The van der Waals surface area contributed by atoms with Crippen LogP contribution in [0.15, 0.2) is 0 Å². The summed E-state index contributed by atoms with van der Waals surface area (Å²) in [5, 5.41) is 17.7.